The van der Waals surface area contributed by atoms with E-state index in [9.17, 15) is 8.42 Å². The molecule has 0 heterocycles. The van der Waals surface area contributed by atoms with Crippen molar-refractivity contribution < 1.29 is 8.42 Å². The average Bonchev–Trinajstić information content (AvgIpc) is 2.37. The second-order valence-electron chi connectivity index (χ2n) is 5.54. The largest absolute Gasteiger partial charge is 0.313 e. The van der Waals surface area contributed by atoms with Gasteiger partial charge in [0.1, 0.15) is 9.84 Å². The lowest BCUT2D eigenvalue weighted by Gasteiger charge is -2.33. The van der Waals surface area contributed by atoms with Gasteiger partial charge < -0.3 is 5.32 Å². The van der Waals surface area contributed by atoms with Crippen LogP contribution in [0.5, 0.6) is 0 Å². The highest BCUT2D eigenvalue weighted by atomic mass is 32.2. The molecule has 0 aromatic heterocycles. The van der Waals surface area contributed by atoms with E-state index in [1.807, 2.05) is 7.05 Å². The van der Waals surface area contributed by atoms with E-state index in [0.717, 1.165) is 25.7 Å². The summed E-state index contributed by atoms with van der Waals surface area (Å²) < 4.78 is 22.4. The topological polar surface area (TPSA) is 46.2 Å². The first kappa shape index (κ1) is 14.5. The molecule has 2 rings (SSSR count). The molecule has 0 amide bonds. The number of hydrogen-bond acceptors (Lipinski definition) is 3. The van der Waals surface area contributed by atoms with Crippen LogP contribution in [0.4, 0.5) is 0 Å². The lowest BCUT2D eigenvalue weighted by Crippen LogP contribution is -2.30. The first-order chi connectivity index (χ1) is 9.01. The maximum atomic E-state index is 11.2. The molecule has 0 fully saturated rings. The summed E-state index contributed by atoms with van der Waals surface area (Å²) in [5.74, 6) is 0.850. The Morgan fingerprint density at radius 3 is 2.74 bits per heavy atom. The van der Waals surface area contributed by atoms with Gasteiger partial charge in [-0.25, -0.2) is 8.42 Å². The van der Waals surface area contributed by atoms with Crippen LogP contribution in [-0.4, -0.2) is 27.5 Å². The highest BCUT2D eigenvalue weighted by Crippen LogP contribution is 2.36. The molecule has 19 heavy (non-hydrogen) atoms. The van der Waals surface area contributed by atoms with Crippen LogP contribution in [0.25, 0.3) is 0 Å². The number of nitrogens with one attached hydrogen (secondary N) is 1. The zero-order chi connectivity index (χ0) is 13.9. The number of sulfone groups is 1. The fraction of sp³-hybridized carbons (Fsp3) is 0.600. The van der Waals surface area contributed by atoms with E-state index in [2.05, 4.69) is 29.6 Å². The fourth-order valence-electron chi connectivity index (χ4n) is 3.14. The predicted molar refractivity (Wildman–Crippen MR) is 79.0 cm³/mol. The van der Waals surface area contributed by atoms with Gasteiger partial charge in [0.15, 0.2) is 0 Å². The molecule has 1 aromatic rings. The van der Waals surface area contributed by atoms with Gasteiger partial charge in [0, 0.05) is 18.1 Å². The Kier molecular flexibility index (Phi) is 4.63. The number of aryl methyl sites for hydroxylation is 1. The molecule has 0 aliphatic heterocycles. The van der Waals surface area contributed by atoms with Crippen LogP contribution in [0.1, 0.15) is 36.4 Å². The highest BCUT2D eigenvalue weighted by molar-refractivity contribution is 7.90. The van der Waals surface area contributed by atoms with Gasteiger partial charge in [-0.15, -0.1) is 0 Å². The van der Waals surface area contributed by atoms with Gasteiger partial charge in [0.2, 0.25) is 0 Å². The van der Waals surface area contributed by atoms with Crippen molar-refractivity contribution in [3.63, 3.8) is 0 Å². The lowest BCUT2D eigenvalue weighted by molar-refractivity contribution is 0.315. The zero-order valence-electron chi connectivity index (χ0n) is 11.7. The molecule has 0 saturated carbocycles. The Morgan fingerprint density at radius 1 is 1.32 bits per heavy atom. The molecule has 106 valence electrons. The summed E-state index contributed by atoms with van der Waals surface area (Å²) in [6.45, 7) is 0. The van der Waals surface area contributed by atoms with E-state index in [1.54, 1.807) is 0 Å². The van der Waals surface area contributed by atoms with E-state index >= 15 is 0 Å². The summed E-state index contributed by atoms with van der Waals surface area (Å²) in [4.78, 5) is 0. The van der Waals surface area contributed by atoms with Gasteiger partial charge >= 0.3 is 0 Å². The van der Waals surface area contributed by atoms with Crippen LogP contribution in [0.2, 0.25) is 0 Å². The van der Waals surface area contributed by atoms with Crippen molar-refractivity contribution in [1.29, 1.82) is 0 Å². The van der Waals surface area contributed by atoms with Crippen molar-refractivity contribution in [2.45, 2.75) is 31.7 Å². The van der Waals surface area contributed by atoms with E-state index in [1.165, 1.54) is 17.4 Å². The molecule has 1 aliphatic rings. The zero-order valence-corrected chi connectivity index (χ0v) is 12.5. The minimum Gasteiger partial charge on any atom is -0.313 e. The molecule has 1 aromatic carbocycles. The van der Waals surface area contributed by atoms with Crippen LogP contribution in [0, 0.1) is 5.92 Å². The molecule has 1 aliphatic carbocycles. The molecule has 0 spiro atoms. The Labute approximate surface area is 116 Å². The van der Waals surface area contributed by atoms with Gasteiger partial charge in [-0.05, 0) is 49.8 Å². The first-order valence-electron chi connectivity index (χ1n) is 6.94. The third-order valence-electron chi connectivity index (χ3n) is 4.05. The van der Waals surface area contributed by atoms with Crippen molar-refractivity contribution in [3.8, 4) is 0 Å². The first-order valence-corrected chi connectivity index (χ1v) is 9.00. The predicted octanol–water partition coefficient (Wildman–Crippen LogP) is 2.33. The normalized spacial score (nSPS) is 23.1. The van der Waals surface area contributed by atoms with Crippen LogP contribution >= 0.6 is 0 Å². The smallest absolute Gasteiger partial charge is 0.147 e. The molecule has 2 atom stereocenters. The van der Waals surface area contributed by atoms with Crippen LogP contribution < -0.4 is 5.32 Å². The van der Waals surface area contributed by atoms with E-state index < -0.39 is 9.84 Å². The van der Waals surface area contributed by atoms with Crippen molar-refractivity contribution in [1.82, 2.24) is 5.32 Å². The SMILES string of the molecule is CNC1c2ccccc2CCC1CCCS(C)(=O)=O. The molecule has 0 bridgehead atoms. The van der Waals surface area contributed by atoms with E-state index in [4.69, 9.17) is 0 Å². The van der Waals surface area contributed by atoms with Crippen molar-refractivity contribution >= 4 is 9.84 Å². The van der Waals surface area contributed by atoms with E-state index in [-0.39, 0.29) is 0 Å². The Hall–Kier alpha value is -0.870. The second kappa shape index (κ2) is 6.06. The maximum Gasteiger partial charge on any atom is 0.147 e. The lowest BCUT2D eigenvalue weighted by atomic mass is 9.78. The minimum atomic E-state index is -2.83. The monoisotopic (exact) mass is 281 g/mol. The van der Waals surface area contributed by atoms with Gasteiger partial charge in [0.05, 0.1) is 0 Å². The number of hydrogen-bond donors (Lipinski definition) is 1. The molecular weight excluding hydrogens is 258 g/mol. The molecule has 2 unspecified atom stereocenters. The fourth-order valence-corrected chi connectivity index (χ4v) is 3.83. The van der Waals surface area contributed by atoms with Crippen molar-refractivity contribution in [2.75, 3.05) is 19.1 Å². The summed E-state index contributed by atoms with van der Waals surface area (Å²) in [5.41, 5.74) is 2.82. The summed E-state index contributed by atoms with van der Waals surface area (Å²) in [6.07, 6.45) is 5.32. The molecule has 3 nitrogen and oxygen atoms in total. The molecule has 0 radical (unpaired) electrons. The number of rotatable bonds is 5. The van der Waals surface area contributed by atoms with Gasteiger partial charge in [-0.3, -0.25) is 0 Å². The van der Waals surface area contributed by atoms with E-state index in [0.29, 0.717) is 17.7 Å². The van der Waals surface area contributed by atoms with Crippen LogP contribution in [0.3, 0.4) is 0 Å². The van der Waals surface area contributed by atoms with Crippen LogP contribution in [0.15, 0.2) is 24.3 Å². The second-order valence-corrected chi connectivity index (χ2v) is 7.80. The summed E-state index contributed by atoms with van der Waals surface area (Å²) in [5, 5.41) is 3.41. The third-order valence-corrected chi connectivity index (χ3v) is 5.08. The summed E-state index contributed by atoms with van der Waals surface area (Å²) >= 11 is 0. The number of fused-ring (bicyclic) bond motifs is 1. The van der Waals surface area contributed by atoms with Crippen molar-refractivity contribution in [2.24, 2.45) is 5.92 Å². The third kappa shape index (κ3) is 3.80. The van der Waals surface area contributed by atoms with Gasteiger partial charge in [0.25, 0.3) is 0 Å². The Balaban J connectivity index is 2.03. The summed E-state index contributed by atoms with van der Waals surface area (Å²) in [7, 11) is -0.834. The summed E-state index contributed by atoms with van der Waals surface area (Å²) in [6, 6.07) is 8.94. The quantitative estimate of drug-likeness (QED) is 0.901. The Morgan fingerprint density at radius 2 is 2.05 bits per heavy atom. The van der Waals surface area contributed by atoms with Gasteiger partial charge in [-0.1, -0.05) is 24.3 Å². The van der Waals surface area contributed by atoms with Gasteiger partial charge in [-0.2, -0.15) is 0 Å². The standard InChI is InChI=1S/C15H23NO2S/c1-16-15-13(7-5-11-19(2,17)18)10-9-12-6-3-4-8-14(12)15/h3-4,6,8,13,15-16H,5,7,9-11H2,1-2H3. The van der Waals surface area contributed by atoms with Crippen molar-refractivity contribution in [3.05, 3.63) is 35.4 Å². The molecule has 4 heteroatoms. The number of benzene rings is 1. The molecule has 0 saturated heterocycles. The molecule has 1 N–H and O–H groups in total. The average molecular weight is 281 g/mol. The highest BCUT2D eigenvalue weighted by Gasteiger charge is 2.27. The molecular formula is C15H23NO2S. The minimum absolute atomic E-state index is 0.307. The maximum absolute atomic E-state index is 11.2. The van der Waals surface area contributed by atoms with Crippen LogP contribution in [-0.2, 0) is 16.3 Å². The Bertz CT molecular complexity index is 525.